The fourth-order valence-corrected chi connectivity index (χ4v) is 2.09. The molecular weight excluding hydrogens is 256 g/mol. The van der Waals surface area contributed by atoms with Crippen molar-refractivity contribution in [1.29, 1.82) is 0 Å². The molecule has 20 heavy (non-hydrogen) atoms. The van der Waals surface area contributed by atoms with Crippen molar-refractivity contribution in [3.05, 3.63) is 6.20 Å². The van der Waals surface area contributed by atoms with Crippen molar-refractivity contribution >= 4 is 17.7 Å². The van der Waals surface area contributed by atoms with Crippen molar-refractivity contribution in [1.82, 2.24) is 20.1 Å². The summed E-state index contributed by atoms with van der Waals surface area (Å²) in [6.07, 6.45) is 1.66. The van der Waals surface area contributed by atoms with E-state index in [4.69, 9.17) is 0 Å². The van der Waals surface area contributed by atoms with Crippen molar-refractivity contribution in [3.8, 4) is 0 Å². The van der Waals surface area contributed by atoms with Gasteiger partial charge in [0.2, 0.25) is 11.9 Å². The van der Waals surface area contributed by atoms with Crippen molar-refractivity contribution in [3.63, 3.8) is 0 Å². The molecule has 1 amide bonds. The highest BCUT2D eigenvalue weighted by Crippen LogP contribution is 2.15. The van der Waals surface area contributed by atoms with E-state index in [1.54, 1.807) is 13.1 Å². The molecule has 0 aliphatic carbocycles. The number of nitrogens with one attached hydrogen (secondary N) is 1. The molecule has 0 radical (unpaired) electrons. The van der Waals surface area contributed by atoms with Crippen LogP contribution >= 0.6 is 0 Å². The molecule has 0 aromatic carbocycles. The fourth-order valence-electron chi connectivity index (χ4n) is 2.09. The number of hydrogen-bond donors (Lipinski definition) is 1. The van der Waals surface area contributed by atoms with E-state index in [0.29, 0.717) is 5.95 Å². The normalized spacial score (nSPS) is 16.2. The molecule has 1 N–H and O–H groups in total. The second-order valence-electron chi connectivity index (χ2n) is 6.01. The van der Waals surface area contributed by atoms with Crippen molar-refractivity contribution < 1.29 is 4.79 Å². The maximum absolute atomic E-state index is 11.3. The number of piperazine rings is 1. The van der Waals surface area contributed by atoms with Crippen LogP contribution in [-0.2, 0) is 4.79 Å². The molecule has 1 aliphatic heterocycles. The van der Waals surface area contributed by atoms with E-state index in [1.165, 1.54) is 0 Å². The van der Waals surface area contributed by atoms with E-state index in [-0.39, 0.29) is 11.4 Å². The van der Waals surface area contributed by atoms with E-state index >= 15 is 0 Å². The van der Waals surface area contributed by atoms with E-state index in [9.17, 15) is 4.79 Å². The molecule has 2 heterocycles. The highest BCUT2D eigenvalue weighted by atomic mass is 16.2. The summed E-state index contributed by atoms with van der Waals surface area (Å²) >= 11 is 0. The third kappa shape index (κ3) is 3.79. The smallest absolute Gasteiger partial charge is 0.245 e. The van der Waals surface area contributed by atoms with Gasteiger partial charge >= 0.3 is 0 Å². The lowest BCUT2D eigenvalue weighted by atomic mass is 10.1. The summed E-state index contributed by atoms with van der Waals surface area (Å²) in [4.78, 5) is 19.8. The molecule has 0 saturated carbocycles. The van der Waals surface area contributed by atoms with Crippen LogP contribution in [0.1, 0.15) is 27.7 Å². The summed E-state index contributed by atoms with van der Waals surface area (Å²) in [5, 5.41) is 11.2. The third-order valence-corrected chi connectivity index (χ3v) is 3.08. The van der Waals surface area contributed by atoms with Crippen LogP contribution in [0.4, 0.5) is 11.8 Å². The molecule has 110 valence electrons. The number of aromatic nitrogens is 3. The van der Waals surface area contributed by atoms with Crippen LogP contribution in [0.15, 0.2) is 6.20 Å². The van der Waals surface area contributed by atoms with Gasteiger partial charge in [0.05, 0.1) is 6.20 Å². The first-order valence-electron chi connectivity index (χ1n) is 6.83. The lowest BCUT2D eigenvalue weighted by Crippen LogP contribution is -2.48. The first-order valence-corrected chi connectivity index (χ1v) is 6.83. The van der Waals surface area contributed by atoms with Gasteiger partial charge in [-0.25, -0.2) is 0 Å². The second-order valence-corrected chi connectivity index (χ2v) is 6.01. The Labute approximate surface area is 119 Å². The molecule has 0 atom stereocenters. The van der Waals surface area contributed by atoms with E-state index in [1.807, 2.05) is 4.90 Å². The first-order chi connectivity index (χ1) is 9.35. The molecule has 7 nitrogen and oxygen atoms in total. The predicted molar refractivity (Wildman–Crippen MR) is 77.7 cm³/mol. The number of carbonyl (C=O) groups is 1. The van der Waals surface area contributed by atoms with Crippen LogP contribution in [0.25, 0.3) is 0 Å². The quantitative estimate of drug-likeness (QED) is 0.860. The standard InChI is InChI=1S/C13H22N6O/c1-10(20)18-5-7-19(8-6-18)11-9-14-17-12(15-11)16-13(2,3)4/h9H,5-8H2,1-4H3,(H,15,16,17). The average Bonchev–Trinajstić information content (AvgIpc) is 2.37. The van der Waals surface area contributed by atoms with Crippen LogP contribution in [0, 0.1) is 0 Å². The summed E-state index contributed by atoms with van der Waals surface area (Å²) in [7, 11) is 0. The van der Waals surface area contributed by atoms with Gasteiger partial charge in [-0.05, 0) is 20.8 Å². The largest absolute Gasteiger partial charge is 0.352 e. The van der Waals surface area contributed by atoms with Gasteiger partial charge < -0.3 is 15.1 Å². The zero-order chi connectivity index (χ0) is 14.8. The molecule has 7 heteroatoms. The number of amides is 1. The maximum atomic E-state index is 11.3. The Bertz CT molecular complexity index is 476. The third-order valence-electron chi connectivity index (χ3n) is 3.08. The minimum absolute atomic E-state index is 0.104. The molecule has 0 unspecified atom stereocenters. The number of rotatable bonds is 2. The van der Waals surface area contributed by atoms with Crippen LogP contribution in [0.3, 0.4) is 0 Å². The van der Waals surface area contributed by atoms with Gasteiger partial charge in [-0.1, -0.05) is 0 Å². The van der Waals surface area contributed by atoms with Crippen molar-refractivity contribution in [2.45, 2.75) is 33.2 Å². The SMILES string of the molecule is CC(=O)N1CCN(c2cnnc(NC(C)(C)C)n2)CC1. The van der Waals surface area contributed by atoms with Gasteiger partial charge in [-0.3, -0.25) is 4.79 Å². The Morgan fingerprint density at radius 2 is 1.90 bits per heavy atom. The Hall–Kier alpha value is -1.92. The van der Waals surface area contributed by atoms with Gasteiger partial charge in [0.25, 0.3) is 0 Å². The monoisotopic (exact) mass is 278 g/mol. The highest BCUT2D eigenvalue weighted by Gasteiger charge is 2.20. The maximum Gasteiger partial charge on any atom is 0.245 e. The average molecular weight is 278 g/mol. The number of hydrogen-bond acceptors (Lipinski definition) is 6. The molecule has 0 spiro atoms. The summed E-state index contributed by atoms with van der Waals surface area (Å²) in [5.41, 5.74) is -0.104. The van der Waals surface area contributed by atoms with E-state index in [2.05, 4.69) is 46.2 Å². The zero-order valence-corrected chi connectivity index (χ0v) is 12.6. The lowest BCUT2D eigenvalue weighted by molar-refractivity contribution is -0.129. The minimum atomic E-state index is -0.104. The van der Waals surface area contributed by atoms with Crippen LogP contribution in [0.2, 0.25) is 0 Å². The van der Waals surface area contributed by atoms with E-state index < -0.39 is 0 Å². The van der Waals surface area contributed by atoms with Gasteiger partial charge in [0.15, 0.2) is 5.82 Å². The molecule has 1 aromatic heterocycles. The van der Waals surface area contributed by atoms with Gasteiger partial charge in [-0.15, -0.1) is 5.10 Å². The Balaban J connectivity index is 2.03. The Morgan fingerprint density at radius 3 is 2.45 bits per heavy atom. The molecule has 1 aliphatic rings. The second kappa shape index (κ2) is 5.60. The molecule has 0 bridgehead atoms. The van der Waals surface area contributed by atoms with Crippen LogP contribution < -0.4 is 10.2 Å². The number of nitrogens with zero attached hydrogens (tertiary/aromatic N) is 5. The first kappa shape index (κ1) is 14.5. The van der Waals surface area contributed by atoms with Crippen LogP contribution in [0.5, 0.6) is 0 Å². The van der Waals surface area contributed by atoms with Crippen molar-refractivity contribution in [2.24, 2.45) is 0 Å². The van der Waals surface area contributed by atoms with Gasteiger partial charge in [0, 0.05) is 38.6 Å². The number of carbonyl (C=O) groups excluding carboxylic acids is 1. The number of anilines is 2. The minimum Gasteiger partial charge on any atom is -0.352 e. The van der Waals surface area contributed by atoms with E-state index in [0.717, 1.165) is 32.0 Å². The molecule has 1 saturated heterocycles. The van der Waals surface area contributed by atoms with Crippen molar-refractivity contribution in [2.75, 3.05) is 36.4 Å². The summed E-state index contributed by atoms with van der Waals surface area (Å²) in [6.45, 7) is 10.7. The Morgan fingerprint density at radius 1 is 1.25 bits per heavy atom. The molecule has 1 fully saturated rings. The molecular formula is C13H22N6O. The summed E-state index contributed by atoms with van der Waals surface area (Å²) in [6, 6.07) is 0. The highest BCUT2D eigenvalue weighted by molar-refractivity contribution is 5.73. The molecule has 2 rings (SSSR count). The Kier molecular flexibility index (Phi) is 4.06. The van der Waals surface area contributed by atoms with Gasteiger partial charge in [-0.2, -0.15) is 10.1 Å². The fraction of sp³-hybridized carbons (Fsp3) is 0.692. The predicted octanol–water partition coefficient (Wildman–Crippen LogP) is 0.750. The van der Waals surface area contributed by atoms with Crippen LogP contribution in [-0.4, -0.2) is 57.7 Å². The summed E-state index contributed by atoms with van der Waals surface area (Å²) < 4.78 is 0. The molecule has 1 aromatic rings. The lowest BCUT2D eigenvalue weighted by Gasteiger charge is -2.34. The van der Waals surface area contributed by atoms with Gasteiger partial charge in [0.1, 0.15) is 0 Å². The zero-order valence-electron chi connectivity index (χ0n) is 12.6. The topological polar surface area (TPSA) is 74.2 Å². The summed E-state index contributed by atoms with van der Waals surface area (Å²) in [5.74, 6) is 1.46.